The molecule has 1 aromatic carbocycles. The maximum absolute atomic E-state index is 14.4. The Morgan fingerprint density at radius 2 is 1.61 bits per heavy atom. The zero-order valence-corrected chi connectivity index (χ0v) is 12.2. The van der Waals surface area contributed by atoms with E-state index in [4.69, 9.17) is 0 Å². The SMILES string of the molecule is O=C1CNc2cc(F)c(N3C(=O)C4=C(CCCC4)C3=O)cc2N1. The third-order valence-corrected chi connectivity index (χ3v) is 4.43. The van der Waals surface area contributed by atoms with Gasteiger partial charge in [-0.3, -0.25) is 14.4 Å². The molecule has 0 unspecified atom stereocenters. The van der Waals surface area contributed by atoms with Gasteiger partial charge in [0, 0.05) is 17.2 Å². The summed E-state index contributed by atoms with van der Waals surface area (Å²) >= 11 is 0. The third-order valence-electron chi connectivity index (χ3n) is 4.43. The van der Waals surface area contributed by atoms with Gasteiger partial charge in [0.25, 0.3) is 11.8 Å². The lowest BCUT2D eigenvalue weighted by atomic mass is 9.93. The Bertz CT molecular complexity index is 772. The molecule has 1 aromatic rings. The molecule has 118 valence electrons. The number of fused-ring (bicyclic) bond motifs is 1. The van der Waals surface area contributed by atoms with Crippen molar-refractivity contribution in [2.24, 2.45) is 0 Å². The van der Waals surface area contributed by atoms with Crippen molar-refractivity contribution in [3.05, 3.63) is 29.1 Å². The average Bonchev–Trinajstić information content (AvgIpc) is 2.79. The standard InChI is InChI=1S/C16H14FN3O3/c17-10-5-11-12(19-14(21)7-18-11)6-13(10)20-15(22)8-3-1-2-4-9(8)16(20)23/h5-6,18H,1-4,7H2,(H,19,21). The number of benzene rings is 1. The molecule has 0 aromatic heterocycles. The summed E-state index contributed by atoms with van der Waals surface area (Å²) in [5.41, 5.74) is 1.68. The number of anilines is 3. The fraction of sp³-hybridized carbons (Fsp3) is 0.312. The number of rotatable bonds is 1. The summed E-state index contributed by atoms with van der Waals surface area (Å²) in [6.07, 6.45) is 2.83. The van der Waals surface area contributed by atoms with Crippen molar-refractivity contribution in [2.75, 3.05) is 22.1 Å². The minimum absolute atomic E-state index is 0.0587. The van der Waals surface area contributed by atoms with E-state index in [0.29, 0.717) is 35.4 Å². The maximum Gasteiger partial charge on any atom is 0.261 e. The average molecular weight is 315 g/mol. The molecule has 3 aliphatic rings. The molecule has 7 heteroatoms. The van der Waals surface area contributed by atoms with Gasteiger partial charge in [0.05, 0.1) is 23.6 Å². The van der Waals surface area contributed by atoms with Crippen LogP contribution >= 0.6 is 0 Å². The minimum atomic E-state index is -0.672. The van der Waals surface area contributed by atoms with E-state index >= 15 is 0 Å². The molecule has 3 amide bonds. The molecule has 0 fully saturated rings. The lowest BCUT2D eigenvalue weighted by Crippen LogP contribution is -2.33. The van der Waals surface area contributed by atoms with E-state index in [1.54, 1.807) is 0 Å². The molecule has 2 N–H and O–H groups in total. The van der Waals surface area contributed by atoms with Crippen molar-refractivity contribution in [1.29, 1.82) is 0 Å². The Labute approximate surface area is 131 Å². The number of amides is 3. The maximum atomic E-state index is 14.4. The van der Waals surface area contributed by atoms with Gasteiger partial charge in [0.1, 0.15) is 5.82 Å². The molecule has 0 saturated heterocycles. The van der Waals surface area contributed by atoms with Gasteiger partial charge in [0.2, 0.25) is 5.91 Å². The Hall–Kier alpha value is -2.70. The molecular weight excluding hydrogens is 301 g/mol. The van der Waals surface area contributed by atoms with Gasteiger partial charge in [-0.25, -0.2) is 9.29 Å². The second-order valence-corrected chi connectivity index (χ2v) is 5.86. The highest BCUT2D eigenvalue weighted by molar-refractivity contribution is 6.33. The fourth-order valence-electron chi connectivity index (χ4n) is 3.31. The monoisotopic (exact) mass is 315 g/mol. The molecule has 1 aliphatic carbocycles. The van der Waals surface area contributed by atoms with Crippen molar-refractivity contribution < 1.29 is 18.8 Å². The highest BCUT2D eigenvalue weighted by atomic mass is 19.1. The molecule has 2 heterocycles. The topological polar surface area (TPSA) is 78.5 Å². The Morgan fingerprint density at radius 3 is 2.26 bits per heavy atom. The van der Waals surface area contributed by atoms with Crippen LogP contribution in [0.4, 0.5) is 21.5 Å². The Balaban J connectivity index is 1.77. The summed E-state index contributed by atoms with van der Waals surface area (Å²) in [4.78, 5) is 37.4. The zero-order valence-electron chi connectivity index (χ0n) is 12.2. The number of carbonyl (C=O) groups excluding carboxylic acids is 3. The molecule has 0 bridgehead atoms. The molecule has 0 spiro atoms. The third kappa shape index (κ3) is 2.03. The van der Waals surface area contributed by atoms with E-state index in [1.807, 2.05) is 0 Å². The summed E-state index contributed by atoms with van der Waals surface area (Å²) in [6.45, 7) is 0.0587. The second-order valence-electron chi connectivity index (χ2n) is 5.86. The number of imide groups is 1. The first-order chi connectivity index (χ1) is 11.1. The first-order valence-electron chi connectivity index (χ1n) is 7.54. The first-order valence-corrected chi connectivity index (χ1v) is 7.54. The van der Waals surface area contributed by atoms with Gasteiger partial charge < -0.3 is 10.6 Å². The Morgan fingerprint density at radius 1 is 0.957 bits per heavy atom. The van der Waals surface area contributed by atoms with Gasteiger partial charge in [0.15, 0.2) is 0 Å². The van der Waals surface area contributed by atoms with E-state index in [-0.39, 0.29) is 18.1 Å². The summed E-state index contributed by atoms with van der Waals surface area (Å²) in [7, 11) is 0. The van der Waals surface area contributed by atoms with E-state index in [0.717, 1.165) is 17.7 Å². The molecular formula is C16H14FN3O3. The largest absolute Gasteiger partial charge is 0.374 e. The number of hydrogen-bond acceptors (Lipinski definition) is 4. The molecule has 23 heavy (non-hydrogen) atoms. The quantitative estimate of drug-likeness (QED) is 0.776. The van der Waals surface area contributed by atoms with E-state index < -0.39 is 17.6 Å². The van der Waals surface area contributed by atoms with Crippen LogP contribution in [0.5, 0.6) is 0 Å². The van der Waals surface area contributed by atoms with E-state index in [2.05, 4.69) is 10.6 Å². The van der Waals surface area contributed by atoms with Crippen LogP contribution in [-0.4, -0.2) is 24.3 Å². The Kier molecular flexibility index (Phi) is 2.97. The first kappa shape index (κ1) is 13.9. The lowest BCUT2D eigenvalue weighted by molar-refractivity contribution is -0.120. The summed E-state index contributed by atoms with van der Waals surface area (Å²) in [5.74, 6) is -1.82. The summed E-state index contributed by atoms with van der Waals surface area (Å²) in [5, 5.41) is 5.40. The summed E-state index contributed by atoms with van der Waals surface area (Å²) < 4.78 is 14.4. The zero-order chi connectivity index (χ0) is 16.1. The van der Waals surface area contributed by atoms with Crippen molar-refractivity contribution >= 4 is 34.8 Å². The van der Waals surface area contributed by atoms with Crippen molar-refractivity contribution in [3.8, 4) is 0 Å². The highest BCUT2D eigenvalue weighted by Crippen LogP contribution is 2.39. The van der Waals surface area contributed by atoms with Gasteiger partial charge in [-0.05, 0) is 31.7 Å². The molecule has 6 nitrogen and oxygen atoms in total. The number of nitrogens with zero attached hydrogens (tertiary/aromatic N) is 1. The van der Waals surface area contributed by atoms with Crippen LogP contribution in [0.2, 0.25) is 0 Å². The van der Waals surface area contributed by atoms with Crippen molar-refractivity contribution in [2.45, 2.75) is 25.7 Å². The fourth-order valence-corrected chi connectivity index (χ4v) is 3.31. The van der Waals surface area contributed by atoms with Crippen LogP contribution in [0.15, 0.2) is 23.3 Å². The van der Waals surface area contributed by atoms with E-state index in [9.17, 15) is 18.8 Å². The highest BCUT2D eigenvalue weighted by Gasteiger charge is 2.41. The smallest absolute Gasteiger partial charge is 0.261 e. The molecule has 0 saturated carbocycles. The van der Waals surface area contributed by atoms with Crippen LogP contribution in [-0.2, 0) is 14.4 Å². The van der Waals surface area contributed by atoms with Crippen LogP contribution in [0, 0.1) is 5.82 Å². The van der Waals surface area contributed by atoms with Gasteiger partial charge in [-0.1, -0.05) is 0 Å². The molecule has 4 rings (SSSR count). The predicted octanol–water partition coefficient (Wildman–Crippen LogP) is 1.93. The van der Waals surface area contributed by atoms with Gasteiger partial charge in [-0.15, -0.1) is 0 Å². The van der Waals surface area contributed by atoms with Gasteiger partial charge in [-0.2, -0.15) is 0 Å². The number of nitrogens with one attached hydrogen (secondary N) is 2. The normalized spacial score (nSPS) is 20.2. The number of halogens is 1. The van der Waals surface area contributed by atoms with Gasteiger partial charge >= 0.3 is 0 Å². The van der Waals surface area contributed by atoms with Crippen LogP contribution in [0.3, 0.4) is 0 Å². The number of hydrogen-bond donors (Lipinski definition) is 2. The predicted molar refractivity (Wildman–Crippen MR) is 81.5 cm³/mol. The van der Waals surface area contributed by atoms with Crippen molar-refractivity contribution in [3.63, 3.8) is 0 Å². The van der Waals surface area contributed by atoms with E-state index in [1.165, 1.54) is 12.1 Å². The minimum Gasteiger partial charge on any atom is -0.374 e. The second kappa shape index (κ2) is 4.91. The van der Waals surface area contributed by atoms with Crippen LogP contribution in [0.25, 0.3) is 0 Å². The van der Waals surface area contributed by atoms with Crippen LogP contribution < -0.4 is 15.5 Å². The molecule has 2 aliphatic heterocycles. The molecule has 0 atom stereocenters. The molecule has 0 radical (unpaired) electrons. The lowest BCUT2D eigenvalue weighted by Gasteiger charge is -2.22. The van der Waals surface area contributed by atoms with Crippen LogP contribution in [0.1, 0.15) is 25.7 Å². The summed E-state index contributed by atoms with van der Waals surface area (Å²) in [6, 6.07) is 2.53. The van der Waals surface area contributed by atoms with Crippen molar-refractivity contribution in [1.82, 2.24) is 0 Å². The number of carbonyl (C=O) groups is 3.